The summed E-state index contributed by atoms with van der Waals surface area (Å²) in [5.41, 5.74) is 0.887. The van der Waals surface area contributed by atoms with Gasteiger partial charge in [0.15, 0.2) is 0 Å². The molecule has 2 aromatic rings. The standard InChI is InChI=1S/C14H15NO3.ClH/c1-17-13-6-4-10-7-12(5-3-11(10)8-13)15-9-14(16)18-2;/h3-8,15H,9H2,1-2H3;1H. The van der Waals surface area contributed by atoms with E-state index < -0.39 is 0 Å². The molecular weight excluding hydrogens is 266 g/mol. The van der Waals surface area contributed by atoms with Gasteiger partial charge in [0.05, 0.1) is 14.2 Å². The highest BCUT2D eigenvalue weighted by Crippen LogP contribution is 2.23. The van der Waals surface area contributed by atoms with E-state index in [4.69, 9.17) is 4.74 Å². The molecule has 0 aromatic heterocycles. The van der Waals surface area contributed by atoms with Gasteiger partial charge in [-0.1, -0.05) is 12.1 Å². The molecule has 4 nitrogen and oxygen atoms in total. The zero-order valence-electron chi connectivity index (χ0n) is 10.8. The second-order valence-electron chi connectivity index (χ2n) is 3.86. The third-order valence-corrected chi connectivity index (χ3v) is 2.71. The van der Waals surface area contributed by atoms with E-state index in [0.717, 1.165) is 22.2 Å². The second-order valence-corrected chi connectivity index (χ2v) is 3.86. The summed E-state index contributed by atoms with van der Waals surface area (Å²) < 4.78 is 9.74. The monoisotopic (exact) mass is 281 g/mol. The van der Waals surface area contributed by atoms with Gasteiger partial charge in [0.1, 0.15) is 12.3 Å². The van der Waals surface area contributed by atoms with Crippen LogP contribution in [0, 0.1) is 0 Å². The molecule has 0 aliphatic carbocycles. The summed E-state index contributed by atoms with van der Waals surface area (Å²) in [6.45, 7) is 0.165. The number of rotatable bonds is 4. The summed E-state index contributed by atoms with van der Waals surface area (Å²) in [5.74, 6) is 0.544. The van der Waals surface area contributed by atoms with Crippen LogP contribution < -0.4 is 10.1 Å². The van der Waals surface area contributed by atoms with Crippen LogP contribution in [0.1, 0.15) is 0 Å². The van der Waals surface area contributed by atoms with Crippen LogP contribution in [0.5, 0.6) is 5.75 Å². The minimum atomic E-state index is -0.287. The number of methoxy groups -OCH3 is 2. The van der Waals surface area contributed by atoms with Crippen molar-refractivity contribution in [2.75, 3.05) is 26.1 Å². The highest BCUT2D eigenvalue weighted by molar-refractivity contribution is 5.87. The second kappa shape index (κ2) is 6.85. The Kier molecular flexibility index (Phi) is 5.45. The molecule has 1 N–H and O–H groups in total. The molecule has 0 saturated heterocycles. The number of ether oxygens (including phenoxy) is 2. The fourth-order valence-electron chi connectivity index (χ4n) is 1.71. The first-order valence-electron chi connectivity index (χ1n) is 5.61. The van der Waals surface area contributed by atoms with Crippen molar-refractivity contribution < 1.29 is 14.3 Å². The predicted molar refractivity (Wildman–Crippen MR) is 78.3 cm³/mol. The van der Waals surface area contributed by atoms with Crippen LogP contribution in [0.15, 0.2) is 36.4 Å². The number of nitrogens with one attached hydrogen (secondary N) is 1. The van der Waals surface area contributed by atoms with Crippen molar-refractivity contribution in [3.8, 4) is 5.75 Å². The van der Waals surface area contributed by atoms with E-state index >= 15 is 0 Å². The minimum Gasteiger partial charge on any atom is -0.497 e. The smallest absolute Gasteiger partial charge is 0.325 e. The molecule has 0 bridgehead atoms. The molecule has 0 radical (unpaired) electrons. The fourth-order valence-corrected chi connectivity index (χ4v) is 1.71. The van der Waals surface area contributed by atoms with Crippen molar-refractivity contribution >= 4 is 34.8 Å². The lowest BCUT2D eigenvalue weighted by molar-refractivity contribution is -0.138. The highest BCUT2D eigenvalue weighted by Gasteiger charge is 2.01. The maximum atomic E-state index is 11.0. The van der Waals surface area contributed by atoms with Gasteiger partial charge in [0, 0.05) is 5.69 Å². The van der Waals surface area contributed by atoms with Gasteiger partial charge in [-0.05, 0) is 35.0 Å². The Labute approximate surface area is 118 Å². The van der Waals surface area contributed by atoms with Crippen LogP contribution in [0.25, 0.3) is 10.8 Å². The molecule has 0 saturated carbocycles. The Bertz CT molecular complexity index is 572. The zero-order chi connectivity index (χ0) is 13.0. The zero-order valence-corrected chi connectivity index (χ0v) is 11.6. The van der Waals surface area contributed by atoms with E-state index in [2.05, 4.69) is 10.1 Å². The Morgan fingerprint density at radius 2 is 1.79 bits per heavy atom. The molecule has 2 rings (SSSR count). The van der Waals surface area contributed by atoms with Gasteiger partial charge in [-0.2, -0.15) is 0 Å². The van der Waals surface area contributed by atoms with E-state index in [9.17, 15) is 4.79 Å². The third-order valence-electron chi connectivity index (χ3n) is 2.71. The molecule has 102 valence electrons. The van der Waals surface area contributed by atoms with E-state index in [1.807, 2.05) is 36.4 Å². The molecular formula is C14H16ClNO3. The third kappa shape index (κ3) is 3.76. The van der Waals surface area contributed by atoms with E-state index in [0.29, 0.717) is 0 Å². The lowest BCUT2D eigenvalue weighted by Crippen LogP contribution is -2.14. The minimum absolute atomic E-state index is 0. The van der Waals surface area contributed by atoms with Gasteiger partial charge in [-0.15, -0.1) is 12.4 Å². The van der Waals surface area contributed by atoms with Gasteiger partial charge in [0.25, 0.3) is 0 Å². The SMILES string of the molecule is COC(=O)CNc1ccc2cc(OC)ccc2c1.Cl. The van der Waals surface area contributed by atoms with E-state index in [1.165, 1.54) is 7.11 Å². The van der Waals surface area contributed by atoms with Gasteiger partial charge in [0.2, 0.25) is 0 Å². The molecule has 0 atom stereocenters. The largest absolute Gasteiger partial charge is 0.497 e. The normalized spacial score (nSPS) is 9.58. The molecule has 0 spiro atoms. The summed E-state index contributed by atoms with van der Waals surface area (Å²) in [5, 5.41) is 5.19. The number of hydrogen-bond donors (Lipinski definition) is 1. The van der Waals surface area contributed by atoms with Crippen LogP contribution in [0.4, 0.5) is 5.69 Å². The average Bonchev–Trinajstić information content (AvgIpc) is 2.43. The van der Waals surface area contributed by atoms with Crippen molar-refractivity contribution in [1.29, 1.82) is 0 Å². The van der Waals surface area contributed by atoms with Crippen molar-refractivity contribution in [2.45, 2.75) is 0 Å². The number of benzene rings is 2. The summed E-state index contributed by atoms with van der Waals surface area (Å²) in [7, 11) is 3.02. The number of carbonyl (C=O) groups is 1. The van der Waals surface area contributed by atoms with Crippen molar-refractivity contribution in [2.24, 2.45) is 0 Å². The average molecular weight is 282 g/mol. The molecule has 2 aromatic carbocycles. The van der Waals surface area contributed by atoms with Crippen LogP contribution in [-0.4, -0.2) is 26.7 Å². The molecule has 5 heteroatoms. The Morgan fingerprint density at radius 3 is 2.47 bits per heavy atom. The predicted octanol–water partition coefficient (Wildman–Crippen LogP) is 2.86. The number of halogens is 1. The number of esters is 1. The summed E-state index contributed by atoms with van der Waals surface area (Å²) in [6.07, 6.45) is 0. The lowest BCUT2D eigenvalue weighted by Gasteiger charge is -2.07. The van der Waals surface area contributed by atoms with Crippen molar-refractivity contribution in [1.82, 2.24) is 0 Å². The molecule has 0 aliphatic heterocycles. The quantitative estimate of drug-likeness (QED) is 0.876. The van der Waals surface area contributed by atoms with Gasteiger partial charge in [-0.3, -0.25) is 4.79 Å². The number of carbonyl (C=O) groups excluding carboxylic acids is 1. The van der Waals surface area contributed by atoms with Gasteiger partial charge >= 0.3 is 5.97 Å². The number of anilines is 1. The van der Waals surface area contributed by atoms with Gasteiger partial charge in [-0.25, -0.2) is 0 Å². The van der Waals surface area contributed by atoms with Crippen LogP contribution in [-0.2, 0) is 9.53 Å². The summed E-state index contributed by atoms with van der Waals surface area (Å²) in [4.78, 5) is 11.0. The maximum Gasteiger partial charge on any atom is 0.325 e. The van der Waals surface area contributed by atoms with Crippen LogP contribution in [0.3, 0.4) is 0 Å². The molecule has 0 aliphatic rings. The van der Waals surface area contributed by atoms with Crippen molar-refractivity contribution in [3.63, 3.8) is 0 Å². The highest BCUT2D eigenvalue weighted by atomic mass is 35.5. The lowest BCUT2D eigenvalue weighted by atomic mass is 10.1. The summed E-state index contributed by atoms with van der Waals surface area (Å²) in [6, 6.07) is 11.8. The number of fused-ring (bicyclic) bond motifs is 1. The Hall–Kier alpha value is -1.94. The van der Waals surface area contributed by atoms with Gasteiger partial charge < -0.3 is 14.8 Å². The van der Waals surface area contributed by atoms with Crippen molar-refractivity contribution in [3.05, 3.63) is 36.4 Å². The summed E-state index contributed by atoms with van der Waals surface area (Å²) >= 11 is 0. The number of hydrogen-bond acceptors (Lipinski definition) is 4. The molecule has 0 amide bonds. The van der Waals surface area contributed by atoms with Crippen LogP contribution >= 0.6 is 12.4 Å². The molecule has 0 unspecified atom stereocenters. The van der Waals surface area contributed by atoms with E-state index in [-0.39, 0.29) is 24.9 Å². The maximum absolute atomic E-state index is 11.0. The Balaban J connectivity index is 0.00000180. The Morgan fingerprint density at radius 1 is 1.11 bits per heavy atom. The molecule has 19 heavy (non-hydrogen) atoms. The molecule has 0 fully saturated rings. The fraction of sp³-hybridized carbons (Fsp3) is 0.214. The molecule has 0 heterocycles. The first-order valence-corrected chi connectivity index (χ1v) is 5.61. The first kappa shape index (κ1) is 15.1. The van der Waals surface area contributed by atoms with Crippen LogP contribution in [0.2, 0.25) is 0 Å². The topological polar surface area (TPSA) is 47.6 Å². The first-order chi connectivity index (χ1) is 8.72. The van der Waals surface area contributed by atoms with E-state index in [1.54, 1.807) is 7.11 Å².